The Morgan fingerprint density at radius 2 is 2.11 bits per heavy atom. The van der Waals surface area contributed by atoms with E-state index in [0.717, 1.165) is 19.4 Å². The van der Waals surface area contributed by atoms with Gasteiger partial charge in [0.15, 0.2) is 0 Å². The highest BCUT2D eigenvalue weighted by Crippen LogP contribution is 2.29. The monoisotopic (exact) mass is 284 g/mol. The first-order chi connectivity index (χ1) is 9.10. The quantitative estimate of drug-likeness (QED) is 0.455. The Morgan fingerprint density at radius 1 is 1.37 bits per heavy atom. The highest BCUT2D eigenvalue weighted by Gasteiger charge is 2.15. The fraction of sp³-hybridized carbons (Fsp3) is 0.500. The topological polar surface area (TPSA) is 64.3 Å². The second kappa shape index (κ2) is 7.89. The molecule has 0 aliphatic rings. The number of nitrogens with two attached hydrogens (primary N) is 1. The molecule has 5 heteroatoms. The fourth-order valence-corrected chi connectivity index (χ4v) is 2.14. The lowest BCUT2D eigenvalue weighted by Crippen LogP contribution is -2.10. The Bertz CT molecular complexity index is 436. The Labute approximate surface area is 119 Å². The minimum absolute atomic E-state index is 0.378. The van der Waals surface area contributed by atoms with Crippen LogP contribution in [0.3, 0.4) is 0 Å². The van der Waals surface area contributed by atoms with Crippen LogP contribution >= 0.6 is 11.6 Å². The molecular weight excluding hydrogens is 264 g/mol. The normalized spacial score (nSPS) is 10.3. The molecule has 4 nitrogen and oxygen atoms in total. The van der Waals surface area contributed by atoms with Gasteiger partial charge in [-0.25, -0.2) is 4.79 Å². The molecule has 0 aromatic heterocycles. The lowest BCUT2D eigenvalue weighted by Gasteiger charge is -2.13. The lowest BCUT2D eigenvalue weighted by molar-refractivity contribution is 0.0602. The van der Waals surface area contributed by atoms with Crippen molar-refractivity contribution >= 4 is 28.9 Å². The molecule has 3 N–H and O–H groups in total. The lowest BCUT2D eigenvalue weighted by atomic mass is 10.1. The molecule has 0 amide bonds. The molecule has 0 heterocycles. The highest BCUT2D eigenvalue weighted by molar-refractivity contribution is 6.34. The summed E-state index contributed by atoms with van der Waals surface area (Å²) in [6, 6.07) is 3.20. The molecular formula is C14H21ClN2O2. The van der Waals surface area contributed by atoms with Crippen molar-refractivity contribution in [3.05, 3.63) is 22.7 Å². The first-order valence-electron chi connectivity index (χ1n) is 6.51. The number of ether oxygens (including phenoxy) is 1. The van der Waals surface area contributed by atoms with Crippen molar-refractivity contribution in [1.82, 2.24) is 0 Å². The molecule has 1 aromatic carbocycles. The molecule has 0 spiro atoms. The second-order valence-electron chi connectivity index (χ2n) is 4.40. The number of esters is 1. The maximum atomic E-state index is 11.7. The van der Waals surface area contributed by atoms with Gasteiger partial charge < -0.3 is 15.8 Å². The molecule has 0 atom stereocenters. The van der Waals surface area contributed by atoms with E-state index in [1.165, 1.54) is 20.0 Å². The average molecular weight is 285 g/mol. The third kappa shape index (κ3) is 4.63. The summed E-state index contributed by atoms with van der Waals surface area (Å²) in [6.45, 7) is 2.94. The summed E-state index contributed by atoms with van der Waals surface area (Å²) in [5.41, 5.74) is 7.12. The number of nitrogens with one attached hydrogen (secondary N) is 1. The predicted molar refractivity (Wildman–Crippen MR) is 79.8 cm³/mol. The SMILES string of the molecule is CCCCCCNc1c(Cl)cc(N)cc1C(=O)OC. The van der Waals surface area contributed by atoms with E-state index in [1.54, 1.807) is 12.1 Å². The summed E-state index contributed by atoms with van der Waals surface area (Å²) in [5, 5.41) is 3.64. The van der Waals surface area contributed by atoms with Gasteiger partial charge in [0.25, 0.3) is 0 Å². The number of nitrogen functional groups attached to an aromatic ring is 1. The van der Waals surface area contributed by atoms with Gasteiger partial charge in [0.05, 0.1) is 23.4 Å². The van der Waals surface area contributed by atoms with Gasteiger partial charge >= 0.3 is 5.97 Å². The van der Waals surface area contributed by atoms with E-state index in [0.29, 0.717) is 22.0 Å². The van der Waals surface area contributed by atoms with Crippen molar-refractivity contribution in [2.24, 2.45) is 0 Å². The molecule has 0 bridgehead atoms. The molecule has 19 heavy (non-hydrogen) atoms. The van der Waals surface area contributed by atoms with Crippen molar-refractivity contribution < 1.29 is 9.53 Å². The summed E-state index contributed by atoms with van der Waals surface area (Å²) in [7, 11) is 1.34. The van der Waals surface area contributed by atoms with Crippen LogP contribution in [0.2, 0.25) is 5.02 Å². The minimum atomic E-state index is -0.440. The van der Waals surface area contributed by atoms with Gasteiger partial charge in [-0.2, -0.15) is 0 Å². The molecule has 0 saturated heterocycles. The van der Waals surface area contributed by atoms with Gasteiger partial charge in [-0.3, -0.25) is 0 Å². The van der Waals surface area contributed by atoms with Crippen LogP contribution in [0.4, 0.5) is 11.4 Å². The number of methoxy groups -OCH3 is 1. The van der Waals surface area contributed by atoms with Crippen LogP contribution in [0.25, 0.3) is 0 Å². The number of anilines is 2. The van der Waals surface area contributed by atoms with Crippen LogP contribution < -0.4 is 11.1 Å². The van der Waals surface area contributed by atoms with Crippen LogP contribution in [0.15, 0.2) is 12.1 Å². The number of carbonyl (C=O) groups is 1. The Morgan fingerprint density at radius 3 is 2.74 bits per heavy atom. The molecule has 0 unspecified atom stereocenters. The summed E-state index contributed by atoms with van der Waals surface area (Å²) in [4.78, 5) is 11.7. The maximum absolute atomic E-state index is 11.7. The number of carbonyl (C=O) groups excluding carboxylic acids is 1. The van der Waals surface area contributed by atoms with Crippen molar-refractivity contribution in [2.45, 2.75) is 32.6 Å². The van der Waals surface area contributed by atoms with Gasteiger partial charge in [-0.05, 0) is 18.6 Å². The van der Waals surface area contributed by atoms with E-state index in [-0.39, 0.29) is 0 Å². The van der Waals surface area contributed by atoms with Gasteiger partial charge in [0, 0.05) is 12.2 Å². The molecule has 106 valence electrons. The van der Waals surface area contributed by atoms with E-state index < -0.39 is 5.97 Å². The standard InChI is InChI=1S/C14H21ClN2O2/c1-3-4-5-6-7-17-13-11(14(18)19-2)8-10(16)9-12(13)15/h8-9,17H,3-7,16H2,1-2H3. The van der Waals surface area contributed by atoms with Gasteiger partial charge in [0.1, 0.15) is 0 Å². The van der Waals surface area contributed by atoms with E-state index >= 15 is 0 Å². The highest BCUT2D eigenvalue weighted by atomic mass is 35.5. The largest absolute Gasteiger partial charge is 0.465 e. The summed E-state index contributed by atoms with van der Waals surface area (Å²) in [5.74, 6) is -0.440. The van der Waals surface area contributed by atoms with E-state index in [2.05, 4.69) is 12.2 Å². The molecule has 0 fully saturated rings. The van der Waals surface area contributed by atoms with Crippen LogP contribution in [0.5, 0.6) is 0 Å². The number of rotatable bonds is 7. The van der Waals surface area contributed by atoms with Crippen molar-refractivity contribution in [3.63, 3.8) is 0 Å². The first-order valence-corrected chi connectivity index (χ1v) is 6.89. The van der Waals surface area contributed by atoms with Crippen LogP contribution in [0.1, 0.15) is 43.0 Å². The number of unbranched alkanes of at least 4 members (excludes halogenated alkanes) is 3. The first kappa shape index (κ1) is 15.6. The molecule has 0 saturated carbocycles. The zero-order valence-electron chi connectivity index (χ0n) is 11.5. The van der Waals surface area contributed by atoms with Gasteiger partial charge in [0.2, 0.25) is 0 Å². The summed E-state index contributed by atoms with van der Waals surface area (Å²) in [6.07, 6.45) is 4.59. The fourth-order valence-electron chi connectivity index (χ4n) is 1.84. The van der Waals surface area contributed by atoms with Crippen molar-refractivity contribution in [3.8, 4) is 0 Å². The second-order valence-corrected chi connectivity index (χ2v) is 4.81. The molecule has 0 radical (unpaired) electrons. The Balaban J connectivity index is 2.77. The maximum Gasteiger partial charge on any atom is 0.340 e. The number of benzene rings is 1. The Hall–Kier alpha value is -1.42. The number of halogens is 1. The molecule has 0 aliphatic heterocycles. The van der Waals surface area contributed by atoms with Crippen LogP contribution in [-0.2, 0) is 4.74 Å². The summed E-state index contributed by atoms with van der Waals surface area (Å²) >= 11 is 6.13. The van der Waals surface area contributed by atoms with Crippen molar-refractivity contribution in [1.29, 1.82) is 0 Å². The van der Waals surface area contributed by atoms with Gasteiger partial charge in [-0.15, -0.1) is 0 Å². The third-order valence-corrected chi connectivity index (χ3v) is 3.15. The number of hydrogen-bond acceptors (Lipinski definition) is 4. The van der Waals surface area contributed by atoms with E-state index in [1.807, 2.05) is 0 Å². The zero-order valence-corrected chi connectivity index (χ0v) is 12.2. The minimum Gasteiger partial charge on any atom is -0.465 e. The number of hydrogen-bond donors (Lipinski definition) is 2. The van der Waals surface area contributed by atoms with Crippen LogP contribution in [-0.4, -0.2) is 19.6 Å². The van der Waals surface area contributed by atoms with E-state index in [4.69, 9.17) is 22.1 Å². The summed E-state index contributed by atoms with van der Waals surface area (Å²) < 4.78 is 4.74. The van der Waals surface area contributed by atoms with Crippen molar-refractivity contribution in [2.75, 3.05) is 24.7 Å². The molecule has 1 rings (SSSR count). The predicted octanol–water partition coefficient (Wildman–Crippen LogP) is 3.70. The van der Waals surface area contributed by atoms with Crippen LogP contribution in [0, 0.1) is 0 Å². The third-order valence-electron chi connectivity index (χ3n) is 2.85. The Kier molecular flexibility index (Phi) is 6.50. The molecule has 0 aliphatic carbocycles. The van der Waals surface area contributed by atoms with Gasteiger partial charge in [-0.1, -0.05) is 37.8 Å². The smallest absolute Gasteiger partial charge is 0.340 e. The molecule has 1 aromatic rings. The van der Waals surface area contributed by atoms with E-state index in [9.17, 15) is 4.79 Å². The zero-order chi connectivity index (χ0) is 14.3. The average Bonchev–Trinajstić information content (AvgIpc) is 2.39.